The Balaban J connectivity index is 2.30. The molecule has 0 atom stereocenters. The minimum atomic E-state index is -0.598. The van der Waals surface area contributed by atoms with Gasteiger partial charge in [0.25, 0.3) is 11.6 Å². The van der Waals surface area contributed by atoms with Gasteiger partial charge in [-0.1, -0.05) is 25.4 Å². The van der Waals surface area contributed by atoms with Crippen molar-refractivity contribution in [3.63, 3.8) is 0 Å². The highest BCUT2D eigenvalue weighted by Crippen LogP contribution is 2.38. The molecular weight excluding hydrogens is 294 g/mol. The standard InChI is InChI=1S/C14H18ClN3O3/c1-3-14(4-2)5-6-17(9-14)13(19)10-7-12(15)16-8-11(10)18(20)21/h7-8H,3-6,9H2,1-2H3. The van der Waals surface area contributed by atoms with Crippen molar-refractivity contribution in [3.05, 3.63) is 33.1 Å². The van der Waals surface area contributed by atoms with Crippen LogP contribution in [0.15, 0.2) is 12.3 Å². The van der Waals surface area contributed by atoms with E-state index < -0.39 is 4.92 Å². The molecule has 21 heavy (non-hydrogen) atoms. The van der Waals surface area contributed by atoms with E-state index in [1.807, 2.05) is 0 Å². The molecule has 0 spiro atoms. The number of nitrogens with zero attached hydrogens (tertiary/aromatic N) is 3. The number of carbonyl (C=O) groups excluding carboxylic acids is 1. The highest BCUT2D eigenvalue weighted by molar-refractivity contribution is 6.29. The van der Waals surface area contributed by atoms with Gasteiger partial charge in [0, 0.05) is 13.1 Å². The molecule has 1 aliphatic rings. The second-order valence-corrected chi connectivity index (χ2v) is 5.85. The summed E-state index contributed by atoms with van der Waals surface area (Å²) in [5.74, 6) is -0.338. The van der Waals surface area contributed by atoms with E-state index in [9.17, 15) is 14.9 Å². The molecule has 1 fully saturated rings. The average Bonchev–Trinajstić information content (AvgIpc) is 2.91. The summed E-state index contributed by atoms with van der Waals surface area (Å²) < 4.78 is 0. The quantitative estimate of drug-likeness (QED) is 0.485. The van der Waals surface area contributed by atoms with Crippen LogP contribution in [-0.4, -0.2) is 33.8 Å². The van der Waals surface area contributed by atoms with Crippen LogP contribution in [0.2, 0.25) is 5.15 Å². The van der Waals surface area contributed by atoms with Gasteiger partial charge in [-0.05, 0) is 30.7 Å². The number of likely N-dealkylation sites (tertiary alicyclic amines) is 1. The van der Waals surface area contributed by atoms with Gasteiger partial charge >= 0.3 is 0 Å². The molecule has 0 bridgehead atoms. The van der Waals surface area contributed by atoms with E-state index >= 15 is 0 Å². The predicted molar refractivity (Wildman–Crippen MR) is 79.4 cm³/mol. The van der Waals surface area contributed by atoms with Gasteiger partial charge in [0.15, 0.2) is 0 Å². The third-order valence-electron chi connectivity index (χ3n) is 4.50. The van der Waals surface area contributed by atoms with E-state index in [1.54, 1.807) is 4.90 Å². The summed E-state index contributed by atoms with van der Waals surface area (Å²) in [7, 11) is 0. The minimum absolute atomic E-state index is 0.0167. The smallest absolute Gasteiger partial charge is 0.300 e. The molecule has 7 heteroatoms. The summed E-state index contributed by atoms with van der Waals surface area (Å²) in [5.41, 5.74) is -0.153. The Morgan fingerprint density at radius 3 is 2.71 bits per heavy atom. The molecule has 0 saturated carbocycles. The zero-order valence-corrected chi connectivity index (χ0v) is 12.9. The molecule has 0 unspecified atom stereocenters. The van der Waals surface area contributed by atoms with Crippen molar-refractivity contribution in [2.24, 2.45) is 5.41 Å². The number of pyridine rings is 1. The molecule has 1 saturated heterocycles. The van der Waals surface area contributed by atoms with Crippen LogP contribution in [0.25, 0.3) is 0 Å². The summed E-state index contributed by atoms with van der Waals surface area (Å²) in [6.07, 6.45) is 3.95. The molecule has 6 nitrogen and oxygen atoms in total. The summed E-state index contributed by atoms with van der Waals surface area (Å²) in [5, 5.41) is 11.1. The minimum Gasteiger partial charge on any atom is -0.338 e. The van der Waals surface area contributed by atoms with Crippen molar-refractivity contribution in [2.75, 3.05) is 13.1 Å². The molecular formula is C14H18ClN3O3. The molecule has 1 aromatic heterocycles. The van der Waals surface area contributed by atoms with Gasteiger partial charge in [0.1, 0.15) is 16.9 Å². The third-order valence-corrected chi connectivity index (χ3v) is 4.71. The lowest BCUT2D eigenvalue weighted by atomic mass is 9.82. The number of aromatic nitrogens is 1. The maximum atomic E-state index is 12.6. The number of halogens is 1. The van der Waals surface area contributed by atoms with Crippen molar-refractivity contribution >= 4 is 23.2 Å². The zero-order chi connectivity index (χ0) is 15.6. The molecule has 0 radical (unpaired) electrons. The maximum absolute atomic E-state index is 12.6. The van der Waals surface area contributed by atoms with E-state index in [4.69, 9.17) is 11.6 Å². The average molecular weight is 312 g/mol. The maximum Gasteiger partial charge on any atom is 0.300 e. The molecule has 1 aliphatic heterocycles. The normalized spacial score (nSPS) is 17.0. The Labute approximate surface area is 128 Å². The first-order chi connectivity index (χ1) is 9.92. The summed E-state index contributed by atoms with van der Waals surface area (Å²) in [6.45, 7) is 5.49. The zero-order valence-electron chi connectivity index (χ0n) is 12.1. The SMILES string of the molecule is CCC1(CC)CCN(C(=O)c2cc(Cl)ncc2[N+](=O)[O-])C1. The van der Waals surface area contributed by atoms with E-state index in [2.05, 4.69) is 18.8 Å². The van der Waals surface area contributed by atoms with Gasteiger partial charge in [-0.25, -0.2) is 4.98 Å². The van der Waals surface area contributed by atoms with Crippen LogP contribution in [0.4, 0.5) is 5.69 Å². The first-order valence-electron chi connectivity index (χ1n) is 7.01. The Morgan fingerprint density at radius 2 is 2.19 bits per heavy atom. The third kappa shape index (κ3) is 3.00. The van der Waals surface area contributed by atoms with Crippen molar-refractivity contribution < 1.29 is 9.72 Å². The highest BCUT2D eigenvalue weighted by atomic mass is 35.5. The second kappa shape index (κ2) is 5.97. The Bertz CT molecular complexity index is 573. The fourth-order valence-electron chi connectivity index (χ4n) is 2.85. The first kappa shape index (κ1) is 15.7. The molecule has 1 amide bonds. The van der Waals surface area contributed by atoms with Crippen molar-refractivity contribution in [1.29, 1.82) is 0 Å². The number of carbonyl (C=O) groups is 1. The van der Waals surface area contributed by atoms with Crippen molar-refractivity contribution in [2.45, 2.75) is 33.1 Å². The topological polar surface area (TPSA) is 76.3 Å². The summed E-state index contributed by atoms with van der Waals surface area (Å²) >= 11 is 5.78. The first-order valence-corrected chi connectivity index (χ1v) is 7.39. The lowest BCUT2D eigenvalue weighted by Gasteiger charge is -2.26. The van der Waals surface area contributed by atoms with Gasteiger partial charge in [0.2, 0.25) is 0 Å². The highest BCUT2D eigenvalue weighted by Gasteiger charge is 2.38. The monoisotopic (exact) mass is 311 g/mol. The van der Waals surface area contributed by atoms with E-state index in [0.717, 1.165) is 25.5 Å². The summed E-state index contributed by atoms with van der Waals surface area (Å²) in [6, 6.07) is 1.28. The van der Waals surface area contributed by atoms with Crippen LogP contribution < -0.4 is 0 Å². The Kier molecular flexibility index (Phi) is 4.46. The lowest BCUT2D eigenvalue weighted by Crippen LogP contribution is -2.32. The van der Waals surface area contributed by atoms with Crippen molar-refractivity contribution in [1.82, 2.24) is 9.88 Å². The van der Waals surface area contributed by atoms with Crippen LogP contribution in [0.5, 0.6) is 0 Å². The van der Waals surface area contributed by atoms with Gasteiger partial charge in [0.05, 0.1) is 4.92 Å². The van der Waals surface area contributed by atoms with Crippen LogP contribution in [0.1, 0.15) is 43.5 Å². The largest absolute Gasteiger partial charge is 0.338 e. The number of rotatable bonds is 4. The summed E-state index contributed by atoms with van der Waals surface area (Å²) in [4.78, 5) is 28.4. The molecule has 0 aromatic carbocycles. The van der Waals surface area contributed by atoms with E-state index in [0.29, 0.717) is 13.1 Å². The van der Waals surface area contributed by atoms with Crippen LogP contribution in [-0.2, 0) is 0 Å². The van der Waals surface area contributed by atoms with Crippen LogP contribution >= 0.6 is 11.6 Å². The van der Waals surface area contributed by atoms with Crippen molar-refractivity contribution in [3.8, 4) is 0 Å². The van der Waals surface area contributed by atoms with Crippen LogP contribution in [0, 0.1) is 15.5 Å². The van der Waals surface area contributed by atoms with Crippen LogP contribution in [0.3, 0.4) is 0 Å². The lowest BCUT2D eigenvalue weighted by molar-refractivity contribution is -0.385. The molecule has 2 heterocycles. The van der Waals surface area contributed by atoms with Gasteiger partial charge in [-0.15, -0.1) is 0 Å². The predicted octanol–water partition coefficient (Wildman–Crippen LogP) is 3.30. The molecule has 2 rings (SSSR count). The van der Waals surface area contributed by atoms with Gasteiger partial charge in [-0.3, -0.25) is 14.9 Å². The van der Waals surface area contributed by atoms with E-state index in [-0.39, 0.29) is 27.7 Å². The molecule has 1 aromatic rings. The number of amides is 1. The van der Waals surface area contributed by atoms with E-state index in [1.165, 1.54) is 6.07 Å². The fraction of sp³-hybridized carbons (Fsp3) is 0.571. The number of hydrogen-bond acceptors (Lipinski definition) is 4. The number of hydrogen-bond donors (Lipinski definition) is 0. The molecule has 0 aliphatic carbocycles. The Hall–Kier alpha value is -1.69. The molecule has 0 N–H and O–H groups in total. The number of nitro groups is 1. The van der Waals surface area contributed by atoms with Gasteiger partial charge in [-0.2, -0.15) is 0 Å². The second-order valence-electron chi connectivity index (χ2n) is 5.47. The fourth-order valence-corrected chi connectivity index (χ4v) is 3.00. The van der Waals surface area contributed by atoms with Gasteiger partial charge < -0.3 is 4.90 Å². The molecule has 114 valence electrons. The Morgan fingerprint density at radius 1 is 1.52 bits per heavy atom.